The monoisotopic (exact) mass is 678 g/mol. The van der Waals surface area contributed by atoms with Gasteiger partial charge in [-0.05, 0) is 0 Å². The Morgan fingerprint density at radius 1 is 0.383 bits per heavy atom. The first kappa shape index (κ1) is 38.8. The highest BCUT2D eigenvalue weighted by molar-refractivity contribution is 5.70. The molecule has 0 N–H and O–H groups in total. The van der Waals surface area contributed by atoms with Crippen LogP contribution in [0.5, 0.6) is 0 Å². The molecule has 0 saturated carbocycles. The van der Waals surface area contributed by atoms with Crippen LogP contribution in [0.25, 0.3) is 0 Å². The van der Waals surface area contributed by atoms with Gasteiger partial charge in [-0.3, -0.25) is 38.4 Å². The van der Waals surface area contributed by atoms with Crippen LogP contribution in [0.2, 0.25) is 0 Å². The van der Waals surface area contributed by atoms with Crippen LogP contribution in [0, 0.1) is 0 Å². The summed E-state index contributed by atoms with van der Waals surface area (Å²) < 4.78 is 60.2. The van der Waals surface area contributed by atoms with E-state index in [0.29, 0.717) is 0 Å². The standard InChI is InChI=1S/C28H38O19/c1-11(29)37-9-19-21(39-13(3)31)23(40-14(4)32)26(43-17(7)35)28(46-19)47-22-20(10-38-12(2)30)45-27(44-18(8)36)25(42-16(6)34)24(22)41-15(5)33/h19-28H,9-10H2,1-8H3/t19-,20-,21-,22-,23-,24-,25-,26-,27-,28-/m1/s1. The third kappa shape index (κ3) is 12.1. The summed E-state index contributed by atoms with van der Waals surface area (Å²) in [7, 11) is 0. The first-order chi connectivity index (χ1) is 21.9. The molecule has 0 aromatic heterocycles. The van der Waals surface area contributed by atoms with Gasteiger partial charge in [0.15, 0.2) is 30.7 Å². The Kier molecular flexibility index (Phi) is 14.5. The van der Waals surface area contributed by atoms with Crippen molar-refractivity contribution >= 4 is 47.8 Å². The number of esters is 8. The van der Waals surface area contributed by atoms with Crippen molar-refractivity contribution in [3.8, 4) is 0 Å². The van der Waals surface area contributed by atoms with E-state index in [2.05, 4.69) is 0 Å². The summed E-state index contributed by atoms with van der Waals surface area (Å²) in [5.74, 6) is -7.02. The molecular weight excluding hydrogens is 640 g/mol. The SMILES string of the molecule is CC(=O)OC[C@H]1O[C@H](O[C@H]2[C@@H](OC(C)=O)[C@@H](OC(C)=O)[C@H](OC(C)=O)O[C@@H]2COC(C)=O)[C@H](OC(C)=O)[C@H](OC(C)=O)[C@@H]1OC(C)=O. The zero-order chi connectivity index (χ0) is 35.6. The predicted octanol–water partition coefficient (Wildman–Crippen LogP) is -0.831. The van der Waals surface area contributed by atoms with Crippen molar-refractivity contribution in [2.24, 2.45) is 0 Å². The predicted molar refractivity (Wildman–Crippen MR) is 145 cm³/mol. The summed E-state index contributed by atoms with van der Waals surface area (Å²) >= 11 is 0. The topological polar surface area (TPSA) is 238 Å². The van der Waals surface area contributed by atoms with E-state index in [1.54, 1.807) is 0 Å². The summed E-state index contributed by atoms with van der Waals surface area (Å²) in [6, 6.07) is 0. The second-order valence-electron chi connectivity index (χ2n) is 10.3. The van der Waals surface area contributed by atoms with Crippen LogP contribution >= 0.6 is 0 Å². The van der Waals surface area contributed by atoms with Crippen LogP contribution in [-0.2, 0) is 90.5 Å². The Balaban J connectivity index is 2.73. The average Bonchev–Trinajstić information content (AvgIpc) is 2.91. The molecular formula is C28H38O19. The van der Waals surface area contributed by atoms with Gasteiger partial charge in [-0.25, -0.2) is 0 Å². The van der Waals surface area contributed by atoms with E-state index in [9.17, 15) is 38.4 Å². The van der Waals surface area contributed by atoms with Gasteiger partial charge in [0.2, 0.25) is 12.4 Å². The molecule has 19 nitrogen and oxygen atoms in total. The average molecular weight is 679 g/mol. The van der Waals surface area contributed by atoms with Gasteiger partial charge in [-0.2, -0.15) is 0 Å². The lowest BCUT2D eigenvalue weighted by molar-refractivity contribution is -0.357. The molecule has 0 amide bonds. The molecule has 2 aliphatic heterocycles. The minimum absolute atomic E-state index is 0.590. The summed E-state index contributed by atoms with van der Waals surface area (Å²) in [6.45, 7) is 7.05. The number of rotatable bonds is 12. The van der Waals surface area contributed by atoms with Crippen LogP contribution in [0.4, 0.5) is 0 Å². The molecule has 2 aliphatic rings. The lowest BCUT2D eigenvalue weighted by atomic mass is 9.96. The molecule has 2 heterocycles. The number of carbonyl (C=O) groups is 8. The minimum atomic E-state index is -1.83. The maximum absolute atomic E-state index is 12.3. The number of ether oxygens (including phenoxy) is 11. The molecule has 2 rings (SSSR count). The largest absolute Gasteiger partial charge is 0.463 e. The highest BCUT2D eigenvalue weighted by Crippen LogP contribution is 2.35. The summed E-state index contributed by atoms with van der Waals surface area (Å²) in [4.78, 5) is 96.3. The van der Waals surface area contributed by atoms with Crippen molar-refractivity contribution in [2.45, 2.75) is 117 Å². The maximum atomic E-state index is 12.3. The summed E-state index contributed by atoms with van der Waals surface area (Å²) in [6.07, 6.45) is -16.3. The van der Waals surface area contributed by atoms with Crippen molar-refractivity contribution < 1.29 is 90.5 Å². The van der Waals surface area contributed by atoms with Crippen LogP contribution in [0.15, 0.2) is 0 Å². The van der Waals surface area contributed by atoms with Gasteiger partial charge in [0, 0.05) is 55.4 Å². The lowest BCUT2D eigenvalue weighted by Crippen LogP contribution is -2.67. The molecule has 0 unspecified atom stereocenters. The molecule has 2 saturated heterocycles. The van der Waals surface area contributed by atoms with E-state index in [-0.39, 0.29) is 0 Å². The van der Waals surface area contributed by atoms with Gasteiger partial charge >= 0.3 is 47.8 Å². The highest BCUT2D eigenvalue weighted by Gasteiger charge is 2.58. The second kappa shape index (κ2) is 17.5. The zero-order valence-corrected chi connectivity index (χ0v) is 26.9. The fraction of sp³-hybridized carbons (Fsp3) is 0.714. The third-order valence-corrected chi connectivity index (χ3v) is 6.17. The fourth-order valence-electron chi connectivity index (χ4n) is 4.73. The third-order valence-electron chi connectivity index (χ3n) is 6.17. The number of carbonyl (C=O) groups excluding carboxylic acids is 8. The van der Waals surface area contributed by atoms with Crippen molar-refractivity contribution in [1.82, 2.24) is 0 Å². The molecule has 264 valence electrons. The van der Waals surface area contributed by atoms with E-state index in [1.807, 2.05) is 0 Å². The van der Waals surface area contributed by atoms with Crippen LogP contribution < -0.4 is 0 Å². The normalized spacial score (nSPS) is 30.0. The van der Waals surface area contributed by atoms with Crippen LogP contribution in [-0.4, -0.2) is 122 Å². The number of hydrogen-bond donors (Lipinski definition) is 0. The van der Waals surface area contributed by atoms with Crippen molar-refractivity contribution in [3.05, 3.63) is 0 Å². The van der Waals surface area contributed by atoms with Crippen molar-refractivity contribution in [1.29, 1.82) is 0 Å². The van der Waals surface area contributed by atoms with Gasteiger partial charge in [-0.1, -0.05) is 0 Å². The Hall–Kier alpha value is -4.36. The Morgan fingerprint density at radius 2 is 0.702 bits per heavy atom. The van der Waals surface area contributed by atoms with Gasteiger partial charge in [0.25, 0.3) is 0 Å². The quantitative estimate of drug-likeness (QED) is 0.181. The first-order valence-electron chi connectivity index (χ1n) is 14.2. The molecule has 2 fully saturated rings. The molecule has 0 aromatic rings. The van der Waals surface area contributed by atoms with E-state index in [1.165, 1.54) is 0 Å². The summed E-state index contributed by atoms with van der Waals surface area (Å²) in [5.41, 5.74) is 0. The Labute approximate surface area is 268 Å². The molecule has 0 radical (unpaired) electrons. The van der Waals surface area contributed by atoms with E-state index in [4.69, 9.17) is 52.1 Å². The molecule has 0 spiro atoms. The number of hydrogen-bond acceptors (Lipinski definition) is 19. The molecule has 19 heteroatoms. The van der Waals surface area contributed by atoms with Gasteiger partial charge in [-0.15, -0.1) is 0 Å². The minimum Gasteiger partial charge on any atom is -0.463 e. The molecule has 0 bridgehead atoms. The van der Waals surface area contributed by atoms with Crippen LogP contribution in [0.3, 0.4) is 0 Å². The molecule has 10 atom stereocenters. The molecule has 0 aromatic carbocycles. The highest BCUT2D eigenvalue weighted by atomic mass is 16.8. The van der Waals surface area contributed by atoms with Gasteiger partial charge < -0.3 is 52.1 Å². The van der Waals surface area contributed by atoms with E-state index in [0.717, 1.165) is 55.4 Å². The van der Waals surface area contributed by atoms with E-state index >= 15 is 0 Å². The van der Waals surface area contributed by atoms with Gasteiger partial charge in [0.05, 0.1) is 0 Å². The lowest BCUT2D eigenvalue weighted by Gasteiger charge is -2.48. The van der Waals surface area contributed by atoms with E-state index < -0.39 is 122 Å². The molecule has 0 aliphatic carbocycles. The fourth-order valence-corrected chi connectivity index (χ4v) is 4.73. The van der Waals surface area contributed by atoms with Crippen LogP contribution in [0.1, 0.15) is 55.4 Å². The van der Waals surface area contributed by atoms with Gasteiger partial charge in [0.1, 0.15) is 31.5 Å². The van der Waals surface area contributed by atoms with Crippen molar-refractivity contribution in [2.75, 3.05) is 13.2 Å². The zero-order valence-electron chi connectivity index (χ0n) is 26.9. The Bertz CT molecular complexity index is 1200. The molecule has 47 heavy (non-hydrogen) atoms. The smallest absolute Gasteiger partial charge is 0.305 e. The second-order valence-corrected chi connectivity index (χ2v) is 10.3. The summed E-state index contributed by atoms with van der Waals surface area (Å²) in [5, 5.41) is 0. The van der Waals surface area contributed by atoms with Crippen molar-refractivity contribution in [3.63, 3.8) is 0 Å². The Morgan fingerprint density at radius 3 is 1.11 bits per heavy atom. The maximum Gasteiger partial charge on any atom is 0.305 e. The first-order valence-corrected chi connectivity index (χ1v) is 14.2.